The second-order valence-electron chi connectivity index (χ2n) is 7.53. The largest absolute Gasteiger partial charge is 0.497 e. The molecule has 33 heavy (non-hydrogen) atoms. The van der Waals surface area contributed by atoms with E-state index < -0.39 is 10.0 Å². The second kappa shape index (κ2) is 9.59. The summed E-state index contributed by atoms with van der Waals surface area (Å²) in [5.41, 5.74) is 1.08. The van der Waals surface area contributed by atoms with Gasteiger partial charge >= 0.3 is 0 Å². The summed E-state index contributed by atoms with van der Waals surface area (Å²) in [5, 5.41) is 11.6. The van der Waals surface area contributed by atoms with Crippen LogP contribution in [0.3, 0.4) is 0 Å². The Morgan fingerprint density at radius 3 is 2.27 bits per heavy atom. The molecule has 0 atom stereocenters. The van der Waals surface area contributed by atoms with Gasteiger partial charge in [-0.15, -0.1) is 10.2 Å². The lowest BCUT2D eigenvalue weighted by molar-refractivity contribution is 0.370. The molecule has 2 aromatic heterocycles. The summed E-state index contributed by atoms with van der Waals surface area (Å²) in [4.78, 5) is 6.40. The van der Waals surface area contributed by atoms with Crippen LogP contribution in [-0.4, -0.2) is 68.3 Å². The van der Waals surface area contributed by atoms with Crippen molar-refractivity contribution < 1.29 is 17.9 Å². The Hall–Kier alpha value is -3.44. The average Bonchev–Trinajstić information content (AvgIpc) is 2.85. The van der Waals surface area contributed by atoms with Crippen LogP contribution in [-0.2, 0) is 10.0 Å². The first-order valence-corrected chi connectivity index (χ1v) is 11.9. The summed E-state index contributed by atoms with van der Waals surface area (Å²) in [6.07, 6.45) is 1.78. The molecular weight excluding hydrogens is 444 g/mol. The van der Waals surface area contributed by atoms with Crippen LogP contribution in [0, 0.1) is 6.92 Å². The zero-order valence-electron chi connectivity index (χ0n) is 18.7. The standard InChI is InChI=1S/C22H26N6O4S/c1-16-4-7-20(23-15-16)24-21-8-9-22(26-25-21)27-10-12-28(13-11-27)33(29,30)19-14-17(31-2)5-6-18(19)32-3/h4-9,14-15H,10-13H2,1-3H3,(H,23,24,25). The van der Waals surface area contributed by atoms with Gasteiger partial charge < -0.3 is 19.7 Å². The predicted octanol–water partition coefficient (Wildman–Crippen LogP) is 2.45. The number of sulfonamides is 1. The van der Waals surface area contributed by atoms with Crippen LogP contribution in [0.15, 0.2) is 53.6 Å². The van der Waals surface area contributed by atoms with Crippen molar-refractivity contribution in [3.63, 3.8) is 0 Å². The van der Waals surface area contributed by atoms with Crippen molar-refractivity contribution >= 4 is 27.5 Å². The first kappa shape index (κ1) is 22.7. The van der Waals surface area contributed by atoms with Gasteiger partial charge in [-0.05, 0) is 42.8 Å². The molecule has 4 rings (SSSR count). The topological polar surface area (TPSA) is 110 Å². The van der Waals surface area contributed by atoms with Gasteiger partial charge in [-0.25, -0.2) is 13.4 Å². The van der Waals surface area contributed by atoms with Gasteiger partial charge in [-0.1, -0.05) is 6.07 Å². The number of hydrogen-bond acceptors (Lipinski definition) is 9. The van der Waals surface area contributed by atoms with Gasteiger partial charge in [0.05, 0.1) is 14.2 Å². The Kier molecular flexibility index (Phi) is 6.61. The maximum Gasteiger partial charge on any atom is 0.247 e. The highest BCUT2D eigenvalue weighted by molar-refractivity contribution is 7.89. The summed E-state index contributed by atoms with van der Waals surface area (Å²) in [7, 11) is -0.793. The van der Waals surface area contributed by atoms with Crippen LogP contribution in [0.25, 0.3) is 0 Å². The molecule has 174 valence electrons. The molecule has 1 aliphatic heterocycles. The van der Waals surface area contributed by atoms with Crippen molar-refractivity contribution in [2.24, 2.45) is 0 Å². The molecule has 3 aromatic rings. The summed E-state index contributed by atoms with van der Waals surface area (Å²) in [5.74, 6) is 2.71. The predicted molar refractivity (Wildman–Crippen MR) is 125 cm³/mol. The molecule has 0 saturated carbocycles. The zero-order chi connectivity index (χ0) is 23.4. The van der Waals surface area contributed by atoms with Crippen LogP contribution in [0.4, 0.5) is 17.5 Å². The highest BCUT2D eigenvalue weighted by Gasteiger charge is 2.31. The number of aromatic nitrogens is 3. The molecule has 0 amide bonds. The average molecular weight is 471 g/mol. The number of benzene rings is 1. The fourth-order valence-electron chi connectivity index (χ4n) is 3.52. The number of rotatable bonds is 7. The maximum atomic E-state index is 13.2. The van der Waals surface area contributed by atoms with Crippen molar-refractivity contribution in [3.8, 4) is 11.5 Å². The van der Waals surface area contributed by atoms with E-state index in [1.54, 1.807) is 18.3 Å². The van der Waals surface area contributed by atoms with Gasteiger partial charge in [-0.2, -0.15) is 4.31 Å². The van der Waals surface area contributed by atoms with E-state index in [-0.39, 0.29) is 10.6 Å². The van der Waals surface area contributed by atoms with Crippen LogP contribution in [0.5, 0.6) is 11.5 Å². The fourth-order valence-corrected chi connectivity index (χ4v) is 5.11. The monoisotopic (exact) mass is 470 g/mol. The van der Waals surface area contributed by atoms with Gasteiger partial charge in [-0.3, -0.25) is 0 Å². The number of piperazine rings is 1. The quantitative estimate of drug-likeness (QED) is 0.557. The minimum atomic E-state index is -3.74. The number of nitrogens with one attached hydrogen (secondary N) is 1. The first-order valence-electron chi connectivity index (χ1n) is 10.4. The summed E-state index contributed by atoms with van der Waals surface area (Å²) < 4.78 is 38.4. The van der Waals surface area contributed by atoms with Crippen molar-refractivity contribution in [2.75, 3.05) is 50.6 Å². The van der Waals surface area contributed by atoms with Crippen molar-refractivity contribution in [2.45, 2.75) is 11.8 Å². The Labute approximate surface area is 193 Å². The third kappa shape index (κ3) is 4.99. The van der Waals surface area contributed by atoms with E-state index in [0.29, 0.717) is 49.4 Å². The molecule has 0 radical (unpaired) electrons. The van der Waals surface area contributed by atoms with E-state index in [2.05, 4.69) is 20.5 Å². The van der Waals surface area contributed by atoms with Crippen LogP contribution >= 0.6 is 0 Å². The number of anilines is 3. The summed E-state index contributed by atoms with van der Waals surface area (Å²) in [6.45, 7) is 3.60. The number of methoxy groups -OCH3 is 2. The molecule has 0 spiro atoms. The first-order chi connectivity index (χ1) is 15.9. The zero-order valence-corrected chi connectivity index (χ0v) is 19.5. The smallest absolute Gasteiger partial charge is 0.247 e. The fraction of sp³-hybridized carbons (Fsp3) is 0.318. The molecule has 1 N–H and O–H groups in total. The SMILES string of the molecule is COc1ccc(OC)c(S(=O)(=O)N2CCN(c3ccc(Nc4ccc(C)cn4)nn3)CC2)c1. The molecule has 0 aliphatic carbocycles. The van der Waals surface area contributed by atoms with Crippen LogP contribution in [0.1, 0.15) is 5.56 Å². The van der Waals surface area contributed by atoms with E-state index in [1.807, 2.05) is 36.1 Å². The Bertz CT molecular complexity index is 1190. The second-order valence-corrected chi connectivity index (χ2v) is 9.44. The molecule has 1 aliphatic rings. The Morgan fingerprint density at radius 2 is 1.67 bits per heavy atom. The molecular formula is C22H26N6O4S. The third-order valence-corrected chi connectivity index (χ3v) is 7.29. The molecule has 1 fully saturated rings. The number of pyridine rings is 1. The Balaban J connectivity index is 1.42. The van der Waals surface area contributed by atoms with Crippen molar-refractivity contribution in [1.29, 1.82) is 0 Å². The van der Waals surface area contributed by atoms with E-state index in [4.69, 9.17) is 9.47 Å². The number of aryl methyl sites for hydroxylation is 1. The van der Waals surface area contributed by atoms with Crippen LogP contribution in [0.2, 0.25) is 0 Å². The molecule has 1 saturated heterocycles. The number of ether oxygens (including phenoxy) is 2. The minimum absolute atomic E-state index is 0.0951. The highest BCUT2D eigenvalue weighted by atomic mass is 32.2. The van der Waals surface area contributed by atoms with Gasteiger partial charge in [0.2, 0.25) is 10.0 Å². The summed E-state index contributed by atoms with van der Waals surface area (Å²) in [6, 6.07) is 12.3. The summed E-state index contributed by atoms with van der Waals surface area (Å²) >= 11 is 0. The molecule has 10 nitrogen and oxygen atoms in total. The lowest BCUT2D eigenvalue weighted by Gasteiger charge is -2.34. The van der Waals surface area contributed by atoms with Gasteiger partial charge in [0.1, 0.15) is 22.2 Å². The van der Waals surface area contributed by atoms with E-state index in [1.165, 1.54) is 24.6 Å². The normalized spacial score (nSPS) is 14.7. The van der Waals surface area contributed by atoms with Gasteiger partial charge in [0.25, 0.3) is 0 Å². The Morgan fingerprint density at radius 1 is 0.909 bits per heavy atom. The molecule has 0 unspecified atom stereocenters. The van der Waals surface area contributed by atoms with E-state index in [0.717, 1.165) is 5.56 Å². The lowest BCUT2D eigenvalue weighted by Crippen LogP contribution is -2.49. The lowest BCUT2D eigenvalue weighted by atomic mass is 10.3. The van der Waals surface area contributed by atoms with E-state index >= 15 is 0 Å². The van der Waals surface area contributed by atoms with Gasteiger partial charge in [0, 0.05) is 38.4 Å². The molecule has 1 aromatic carbocycles. The number of nitrogens with zero attached hydrogens (tertiary/aromatic N) is 5. The molecule has 0 bridgehead atoms. The van der Waals surface area contributed by atoms with E-state index in [9.17, 15) is 8.42 Å². The van der Waals surface area contributed by atoms with Crippen molar-refractivity contribution in [3.05, 3.63) is 54.2 Å². The minimum Gasteiger partial charge on any atom is -0.497 e. The highest BCUT2D eigenvalue weighted by Crippen LogP contribution is 2.31. The van der Waals surface area contributed by atoms with Gasteiger partial charge in [0.15, 0.2) is 11.6 Å². The maximum absolute atomic E-state index is 13.2. The number of hydrogen-bond donors (Lipinski definition) is 1. The molecule has 3 heterocycles. The van der Waals surface area contributed by atoms with Crippen LogP contribution < -0.4 is 19.7 Å². The van der Waals surface area contributed by atoms with Crippen molar-refractivity contribution in [1.82, 2.24) is 19.5 Å². The molecule has 11 heteroatoms. The third-order valence-electron chi connectivity index (χ3n) is 5.37.